The third kappa shape index (κ3) is 3.10. The molecule has 1 aromatic heterocycles. The van der Waals surface area contributed by atoms with Gasteiger partial charge in [0, 0.05) is 12.2 Å². The molecule has 2 aromatic rings. The molecule has 3 nitrogen and oxygen atoms in total. The van der Waals surface area contributed by atoms with Crippen molar-refractivity contribution >= 4 is 15.9 Å². The van der Waals surface area contributed by atoms with Gasteiger partial charge in [0.05, 0.1) is 10.2 Å². The van der Waals surface area contributed by atoms with Gasteiger partial charge < -0.3 is 4.74 Å². The van der Waals surface area contributed by atoms with E-state index in [2.05, 4.69) is 34.9 Å². The minimum absolute atomic E-state index is 0.300. The zero-order valence-electron chi connectivity index (χ0n) is 10.2. The monoisotopic (exact) mass is 312 g/mol. The van der Waals surface area contributed by atoms with Gasteiger partial charge in [0.2, 0.25) is 0 Å². The molecule has 1 aromatic carbocycles. The Bertz CT molecular complexity index is 540. The van der Waals surface area contributed by atoms with Crippen LogP contribution in [0.25, 0.3) is 0 Å². The van der Waals surface area contributed by atoms with Gasteiger partial charge in [-0.2, -0.15) is 5.10 Å². The molecule has 18 heavy (non-hydrogen) atoms. The van der Waals surface area contributed by atoms with Gasteiger partial charge in [0.1, 0.15) is 18.2 Å². The molecule has 96 valence electrons. The van der Waals surface area contributed by atoms with Crippen molar-refractivity contribution in [1.29, 1.82) is 0 Å². The van der Waals surface area contributed by atoms with E-state index < -0.39 is 0 Å². The topological polar surface area (TPSA) is 27.1 Å². The van der Waals surface area contributed by atoms with Crippen molar-refractivity contribution in [2.24, 2.45) is 0 Å². The molecule has 0 aliphatic heterocycles. The molecule has 0 aliphatic rings. The van der Waals surface area contributed by atoms with E-state index in [0.717, 1.165) is 5.69 Å². The number of hydrogen-bond donors (Lipinski definition) is 0. The molecule has 0 amide bonds. The molecule has 0 fully saturated rings. The van der Waals surface area contributed by atoms with Gasteiger partial charge in [-0.15, -0.1) is 0 Å². The Hall–Kier alpha value is -1.36. The summed E-state index contributed by atoms with van der Waals surface area (Å²) in [4.78, 5) is 0. The van der Waals surface area contributed by atoms with Crippen LogP contribution in [0.3, 0.4) is 0 Å². The van der Waals surface area contributed by atoms with Crippen molar-refractivity contribution in [2.45, 2.75) is 26.5 Å². The van der Waals surface area contributed by atoms with Crippen molar-refractivity contribution in [3.05, 3.63) is 46.4 Å². The van der Waals surface area contributed by atoms with Crippen LogP contribution >= 0.6 is 15.9 Å². The summed E-state index contributed by atoms with van der Waals surface area (Å²) in [5.41, 5.74) is 0.851. The number of halogens is 2. The summed E-state index contributed by atoms with van der Waals surface area (Å²) in [5, 5.41) is 4.37. The molecular weight excluding hydrogens is 299 g/mol. The van der Waals surface area contributed by atoms with Gasteiger partial charge in [-0.3, -0.25) is 4.68 Å². The molecule has 0 unspecified atom stereocenters. The first-order valence-corrected chi connectivity index (χ1v) is 6.47. The Kier molecular flexibility index (Phi) is 4.01. The summed E-state index contributed by atoms with van der Waals surface area (Å²) < 4.78 is 20.9. The molecule has 0 radical (unpaired) electrons. The average Bonchev–Trinajstić information content (AvgIpc) is 2.79. The summed E-state index contributed by atoms with van der Waals surface area (Å²) in [6, 6.07) is 6.82. The van der Waals surface area contributed by atoms with Crippen LogP contribution in [0.1, 0.15) is 25.6 Å². The van der Waals surface area contributed by atoms with Gasteiger partial charge in [-0.1, -0.05) is 0 Å². The van der Waals surface area contributed by atoms with E-state index in [1.807, 2.05) is 16.9 Å². The second-order valence-electron chi connectivity index (χ2n) is 4.25. The summed E-state index contributed by atoms with van der Waals surface area (Å²) in [5.74, 6) is 0.314. The second kappa shape index (κ2) is 5.52. The predicted molar refractivity (Wildman–Crippen MR) is 71.0 cm³/mol. The van der Waals surface area contributed by atoms with E-state index in [0.29, 0.717) is 22.9 Å². The molecule has 0 bridgehead atoms. The number of aromatic nitrogens is 2. The number of benzene rings is 1. The van der Waals surface area contributed by atoms with Gasteiger partial charge in [-0.05, 0) is 54.0 Å². The van der Waals surface area contributed by atoms with E-state index in [4.69, 9.17) is 4.74 Å². The van der Waals surface area contributed by atoms with Crippen LogP contribution in [-0.4, -0.2) is 9.78 Å². The number of ether oxygens (including phenoxy) is 1. The zero-order chi connectivity index (χ0) is 13.1. The van der Waals surface area contributed by atoms with Crippen molar-refractivity contribution in [3.63, 3.8) is 0 Å². The highest BCUT2D eigenvalue weighted by molar-refractivity contribution is 9.10. The fraction of sp³-hybridized carbons (Fsp3) is 0.308. The lowest BCUT2D eigenvalue weighted by Crippen LogP contribution is -2.03. The van der Waals surface area contributed by atoms with Gasteiger partial charge in [-0.25, -0.2) is 4.39 Å². The largest absolute Gasteiger partial charge is 0.487 e. The summed E-state index contributed by atoms with van der Waals surface area (Å²) >= 11 is 3.12. The normalized spacial score (nSPS) is 10.9. The average molecular weight is 313 g/mol. The van der Waals surface area contributed by atoms with E-state index in [1.165, 1.54) is 6.07 Å². The molecule has 0 atom stereocenters. The van der Waals surface area contributed by atoms with Crippen molar-refractivity contribution in [1.82, 2.24) is 9.78 Å². The first-order valence-electron chi connectivity index (χ1n) is 5.68. The first kappa shape index (κ1) is 13.1. The van der Waals surface area contributed by atoms with E-state index in [-0.39, 0.29) is 5.82 Å². The highest BCUT2D eigenvalue weighted by Gasteiger charge is 2.04. The Morgan fingerprint density at radius 3 is 2.78 bits per heavy atom. The smallest absolute Gasteiger partial charge is 0.137 e. The molecular formula is C13H14BrFN2O. The zero-order valence-corrected chi connectivity index (χ0v) is 11.8. The van der Waals surface area contributed by atoms with Crippen molar-refractivity contribution in [3.8, 4) is 5.75 Å². The molecule has 0 N–H and O–H groups in total. The maximum absolute atomic E-state index is 13.0. The Morgan fingerprint density at radius 1 is 1.39 bits per heavy atom. The van der Waals surface area contributed by atoms with E-state index in [1.54, 1.807) is 12.1 Å². The highest BCUT2D eigenvalue weighted by atomic mass is 79.9. The Labute approximate surface area is 114 Å². The van der Waals surface area contributed by atoms with E-state index >= 15 is 0 Å². The van der Waals surface area contributed by atoms with Gasteiger partial charge in [0.15, 0.2) is 0 Å². The minimum atomic E-state index is -0.300. The highest BCUT2D eigenvalue weighted by Crippen LogP contribution is 2.22. The second-order valence-corrected chi connectivity index (χ2v) is 5.10. The number of rotatable bonds is 4. The lowest BCUT2D eigenvalue weighted by Gasteiger charge is -2.06. The lowest BCUT2D eigenvalue weighted by molar-refractivity contribution is 0.298. The van der Waals surface area contributed by atoms with Crippen LogP contribution in [0, 0.1) is 5.82 Å². The standard InChI is InChI=1S/C13H14BrFN2O/c1-9(2)17-6-5-10(16-17)8-18-11-3-4-13(15)12(14)7-11/h3-7,9H,8H2,1-2H3. The van der Waals surface area contributed by atoms with Crippen molar-refractivity contribution in [2.75, 3.05) is 0 Å². The van der Waals surface area contributed by atoms with Gasteiger partial charge >= 0.3 is 0 Å². The van der Waals surface area contributed by atoms with Crippen LogP contribution in [0.4, 0.5) is 4.39 Å². The van der Waals surface area contributed by atoms with Crippen molar-refractivity contribution < 1.29 is 9.13 Å². The SMILES string of the molecule is CC(C)n1ccc(COc2ccc(F)c(Br)c2)n1. The fourth-order valence-electron chi connectivity index (χ4n) is 1.47. The fourth-order valence-corrected chi connectivity index (χ4v) is 1.82. The predicted octanol–water partition coefficient (Wildman–Crippen LogP) is 3.94. The van der Waals surface area contributed by atoms with Crippen LogP contribution in [0.15, 0.2) is 34.9 Å². The third-order valence-corrected chi connectivity index (χ3v) is 3.08. The maximum Gasteiger partial charge on any atom is 0.137 e. The minimum Gasteiger partial charge on any atom is -0.487 e. The first-order chi connectivity index (χ1) is 8.56. The quantitative estimate of drug-likeness (QED) is 0.855. The van der Waals surface area contributed by atoms with Crippen LogP contribution < -0.4 is 4.74 Å². The third-order valence-electron chi connectivity index (χ3n) is 2.47. The van der Waals surface area contributed by atoms with Gasteiger partial charge in [0.25, 0.3) is 0 Å². The van der Waals surface area contributed by atoms with Crippen LogP contribution in [0.5, 0.6) is 5.75 Å². The number of hydrogen-bond acceptors (Lipinski definition) is 2. The maximum atomic E-state index is 13.0. The van der Waals surface area contributed by atoms with E-state index in [9.17, 15) is 4.39 Å². The molecule has 0 saturated heterocycles. The molecule has 0 aliphatic carbocycles. The summed E-state index contributed by atoms with van der Waals surface area (Å²) in [6.45, 7) is 4.50. The number of nitrogens with zero attached hydrogens (tertiary/aromatic N) is 2. The Balaban J connectivity index is 2.00. The lowest BCUT2D eigenvalue weighted by atomic mass is 10.3. The van der Waals surface area contributed by atoms with Crippen LogP contribution in [0.2, 0.25) is 0 Å². The summed E-state index contributed by atoms with van der Waals surface area (Å²) in [7, 11) is 0. The molecule has 0 spiro atoms. The molecule has 5 heteroatoms. The molecule has 0 saturated carbocycles. The Morgan fingerprint density at radius 2 is 2.17 bits per heavy atom. The molecule has 1 heterocycles. The summed E-state index contributed by atoms with van der Waals surface area (Å²) in [6.07, 6.45) is 1.92. The molecule has 2 rings (SSSR count). The van der Waals surface area contributed by atoms with Crippen LogP contribution in [-0.2, 0) is 6.61 Å².